The lowest BCUT2D eigenvalue weighted by molar-refractivity contribution is 0.227. The number of nitrogens with one attached hydrogen (secondary N) is 1. The van der Waals surface area contributed by atoms with E-state index in [0.717, 1.165) is 0 Å². The second-order valence-corrected chi connectivity index (χ2v) is 7.55. The lowest BCUT2D eigenvalue weighted by Gasteiger charge is -2.21. The fraction of sp³-hybridized carbons (Fsp3) is 0.500. The van der Waals surface area contributed by atoms with E-state index in [1.807, 2.05) is 13.8 Å². The third-order valence-corrected chi connectivity index (χ3v) is 5.08. The van der Waals surface area contributed by atoms with Crippen molar-refractivity contribution < 1.29 is 18.3 Å². The van der Waals surface area contributed by atoms with Crippen LogP contribution in [0.15, 0.2) is 21.5 Å². The monoisotopic (exact) mass is 385 g/mol. The third-order valence-electron chi connectivity index (χ3n) is 2.78. The predicted molar refractivity (Wildman–Crippen MR) is 81.7 cm³/mol. The van der Waals surface area contributed by atoms with Crippen LogP contribution in [-0.2, 0) is 10.0 Å². The minimum atomic E-state index is -3.85. The molecule has 0 saturated heterocycles. The van der Waals surface area contributed by atoms with Crippen LogP contribution >= 0.6 is 27.5 Å². The Bertz CT molecular complexity index is 577. The minimum absolute atomic E-state index is 0.0524. The van der Waals surface area contributed by atoms with Crippen LogP contribution in [0, 0.1) is 5.92 Å². The van der Waals surface area contributed by atoms with E-state index in [1.54, 1.807) is 6.07 Å². The summed E-state index contributed by atoms with van der Waals surface area (Å²) < 4.78 is 32.8. The summed E-state index contributed by atoms with van der Waals surface area (Å²) in [4.78, 5) is -0.0709. The Morgan fingerprint density at radius 3 is 2.50 bits per heavy atom. The Hall–Kier alpha value is -0.340. The molecule has 0 aliphatic carbocycles. The first kappa shape index (κ1) is 17.7. The van der Waals surface area contributed by atoms with Crippen molar-refractivity contribution in [3.05, 3.63) is 21.6 Å². The molecule has 0 fully saturated rings. The number of aliphatic hydroxyl groups is 1. The van der Waals surface area contributed by atoms with E-state index in [1.165, 1.54) is 13.2 Å². The molecule has 8 heteroatoms. The molecule has 1 rings (SSSR count). The van der Waals surface area contributed by atoms with Gasteiger partial charge in [-0.2, -0.15) is 0 Å². The standard InChI is InChI=1S/C12H17BrClNO4S/c1-7(2)10(6-16)15-20(17,18)11-5-8(14)4-9(13)12(11)19-3/h4-5,7,10,15-16H,6H2,1-3H3/t10-/m1/s1. The quantitative estimate of drug-likeness (QED) is 0.787. The lowest BCUT2D eigenvalue weighted by Crippen LogP contribution is -2.41. The molecule has 0 radical (unpaired) electrons. The largest absolute Gasteiger partial charge is 0.494 e. The van der Waals surface area contributed by atoms with Gasteiger partial charge in [0.2, 0.25) is 10.0 Å². The van der Waals surface area contributed by atoms with Crippen molar-refractivity contribution in [2.45, 2.75) is 24.8 Å². The number of methoxy groups -OCH3 is 1. The molecule has 0 spiro atoms. The van der Waals surface area contributed by atoms with Gasteiger partial charge in [0.25, 0.3) is 0 Å². The van der Waals surface area contributed by atoms with Gasteiger partial charge in [0, 0.05) is 11.1 Å². The van der Waals surface area contributed by atoms with Crippen molar-refractivity contribution in [1.82, 2.24) is 4.72 Å². The zero-order chi connectivity index (χ0) is 15.5. The van der Waals surface area contributed by atoms with Gasteiger partial charge < -0.3 is 9.84 Å². The summed E-state index contributed by atoms with van der Waals surface area (Å²) in [6, 6.07) is 2.27. The Kier molecular flexibility index (Phi) is 6.27. The van der Waals surface area contributed by atoms with Crippen LogP contribution in [0.3, 0.4) is 0 Å². The molecule has 0 saturated carbocycles. The Balaban J connectivity index is 3.28. The van der Waals surface area contributed by atoms with E-state index >= 15 is 0 Å². The van der Waals surface area contributed by atoms with Crippen LogP contribution in [0.4, 0.5) is 0 Å². The van der Waals surface area contributed by atoms with E-state index < -0.39 is 16.1 Å². The van der Waals surface area contributed by atoms with Gasteiger partial charge in [-0.15, -0.1) is 0 Å². The van der Waals surface area contributed by atoms with Crippen molar-refractivity contribution in [3.63, 3.8) is 0 Å². The van der Waals surface area contributed by atoms with Gasteiger partial charge in [-0.25, -0.2) is 13.1 Å². The van der Waals surface area contributed by atoms with Crippen LogP contribution in [0.25, 0.3) is 0 Å². The van der Waals surface area contributed by atoms with Gasteiger partial charge in [-0.3, -0.25) is 0 Å². The fourth-order valence-corrected chi connectivity index (χ4v) is 4.34. The zero-order valence-corrected chi connectivity index (χ0v) is 14.5. The summed E-state index contributed by atoms with van der Waals surface area (Å²) in [6.07, 6.45) is 0. The molecule has 20 heavy (non-hydrogen) atoms. The molecule has 0 aliphatic rings. The van der Waals surface area contributed by atoms with Crippen LogP contribution in [0.5, 0.6) is 5.75 Å². The molecule has 5 nitrogen and oxygen atoms in total. The van der Waals surface area contributed by atoms with Crippen molar-refractivity contribution in [3.8, 4) is 5.75 Å². The molecule has 0 heterocycles. The molecule has 0 bridgehead atoms. The second-order valence-electron chi connectivity index (χ2n) is 4.57. The first-order valence-corrected chi connectivity index (χ1v) is 8.54. The zero-order valence-electron chi connectivity index (χ0n) is 11.4. The molecule has 114 valence electrons. The Labute approximate surface area is 132 Å². The van der Waals surface area contributed by atoms with E-state index in [0.29, 0.717) is 4.47 Å². The molecule has 2 N–H and O–H groups in total. The van der Waals surface area contributed by atoms with E-state index in [9.17, 15) is 13.5 Å². The lowest BCUT2D eigenvalue weighted by atomic mass is 10.1. The summed E-state index contributed by atoms with van der Waals surface area (Å²) >= 11 is 9.10. The smallest absolute Gasteiger partial charge is 0.244 e. The Morgan fingerprint density at radius 2 is 2.05 bits per heavy atom. The van der Waals surface area contributed by atoms with Crippen molar-refractivity contribution >= 4 is 37.6 Å². The summed E-state index contributed by atoms with van der Waals surface area (Å²) in [7, 11) is -2.48. The van der Waals surface area contributed by atoms with Crippen LogP contribution in [-0.4, -0.2) is 33.3 Å². The highest BCUT2D eigenvalue weighted by Crippen LogP contribution is 2.35. The highest BCUT2D eigenvalue weighted by Gasteiger charge is 2.26. The fourth-order valence-electron chi connectivity index (χ4n) is 1.58. The second kappa shape index (κ2) is 7.09. The van der Waals surface area contributed by atoms with Gasteiger partial charge in [0.15, 0.2) is 5.75 Å². The highest BCUT2D eigenvalue weighted by atomic mass is 79.9. The topological polar surface area (TPSA) is 75.6 Å². The molecule has 1 aromatic rings. The summed E-state index contributed by atoms with van der Waals surface area (Å²) in [6.45, 7) is 3.34. The van der Waals surface area contributed by atoms with Crippen molar-refractivity contribution in [2.75, 3.05) is 13.7 Å². The average molecular weight is 387 g/mol. The minimum Gasteiger partial charge on any atom is -0.494 e. The van der Waals surface area contributed by atoms with E-state index in [-0.39, 0.29) is 28.2 Å². The number of benzene rings is 1. The maximum atomic E-state index is 12.4. The molecule has 0 unspecified atom stereocenters. The predicted octanol–water partition coefficient (Wildman–Crippen LogP) is 2.41. The first-order chi connectivity index (χ1) is 9.22. The molecule has 1 atom stereocenters. The molecule has 0 aliphatic heterocycles. The molecule has 0 aromatic heterocycles. The van der Waals surface area contributed by atoms with Gasteiger partial charge in [0.1, 0.15) is 4.90 Å². The SMILES string of the molecule is COc1c(Br)cc(Cl)cc1S(=O)(=O)N[C@H](CO)C(C)C. The van der Waals surface area contributed by atoms with Crippen molar-refractivity contribution in [2.24, 2.45) is 5.92 Å². The molecular formula is C12H17BrClNO4S. The van der Waals surface area contributed by atoms with Gasteiger partial charge in [0.05, 0.1) is 18.2 Å². The number of hydrogen-bond acceptors (Lipinski definition) is 4. The maximum Gasteiger partial charge on any atom is 0.244 e. The number of rotatable bonds is 6. The summed E-state index contributed by atoms with van der Waals surface area (Å²) in [5.74, 6) is 0.116. The summed E-state index contributed by atoms with van der Waals surface area (Å²) in [5.41, 5.74) is 0. The first-order valence-electron chi connectivity index (χ1n) is 5.89. The Morgan fingerprint density at radius 1 is 1.45 bits per heavy atom. The molecule has 0 amide bonds. The van der Waals surface area contributed by atoms with E-state index in [2.05, 4.69) is 20.7 Å². The maximum absolute atomic E-state index is 12.4. The van der Waals surface area contributed by atoms with Gasteiger partial charge in [-0.05, 0) is 34.0 Å². The van der Waals surface area contributed by atoms with E-state index in [4.69, 9.17) is 16.3 Å². The number of hydrogen-bond donors (Lipinski definition) is 2. The van der Waals surface area contributed by atoms with Gasteiger partial charge in [-0.1, -0.05) is 25.4 Å². The number of halogens is 2. The number of ether oxygens (including phenoxy) is 1. The summed E-state index contributed by atoms with van der Waals surface area (Å²) in [5, 5.41) is 9.52. The van der Waals surface area contributed by atoms with Crippen LogP contribution in [0.1, 0.15) is 13.8 Å². The molecule has 1 aromatic carbocycles. The van der Waals surface area contributed by atoms with Gasteiger partial charge >= 0.3 is 0 Å². The normalized spacial score (nSPS) is 13.6. The molecular weight excluding hydrogens is 370 g/mol. The number of aliphatic hydroxyl groups excluding tert-OH is 1. The highest BCUT2D eigenvalue weighted by molar-refractivity contribution is 9.10. The third kappa shape index (κ3) is 4.08. The van der Waals surface area contributed by atoms with Crippen molar-refractivity contribution in [1.29, 1.82) is 0 Å². The number of sulfonamides is 1. The van der Waals surface area contributed by atoms with Crippen LogP contribution < -0.4 is 9.46 Å². The average Bonchev–Trinajstić information content (AvgIpc) is 2.34. The van der Waals surface area contributed by atoms with Crippen LogP contribution in [0.2, 0.25) is 5.02 Å².